The van der Waals surface area contributed by atoms with Gasteiger partial charge in [0.15, 0.2) is 3.95 Å². The minimum absolute atomic E-state index is 0.698. The first-order chi connectivity index (χ1) is 7.78. The number of aromatic amines is 1. The summed E-state index contributed by atoms with van der Waals surface area (Å²) < 4.78 is 0.698. The van der Waals surface area contributed by atoms with E-state index in [1.165, 1.54) is 22.5 Å². The Hall–Kier alpha value is -1.20. The van der Waals surface area contributed by atoms with E-state index < -0.39 is 0 Å². The monoisotopic (exact) mass is 251 g/mol. The molecule has 0 fully saturated rings. The van der Waals surface area contributed by atoms with Gasteiger partial charge in [0.25, 0.3) is 0 Å². The molecule has 0 aliphatic rings. The minimum atomic E-state index is 0.698. The number of anilines is 1. The van der Waals surface area contributed by atoms with E-state index in [1.807, 2.05) is 0 Å². The zero-order valence-corrected chi connectivity index (χ0v) is 10.6. The van der Waals surface area contributed by atoms with Gasteiger partial charge in [-0.1, -0.05) is 42.5 Å². The van der Waals surface area contributed by atoms with Crippen LogP contribution >= 0.6 is 23.6 Å². The molecule has 0 atom stereocenters. The summed E-state index contributed by atoms with van der Waals surface area (Å²) in [5, 5.41) is 10.9. The molecular formula is C11H13N3S2. The summed E-state index contributed by atoms with van der Waals surface area (Å²) in [6.07, 6.45) is 1.08. The van der Waals surface area contributed by atoms with Crippen LogP contribution < -0.4 is 5.32 Å². The second-order valence-corrected chi connectivity index (χ2v) is 5.11. The highest BCUT2D eigenvalue weighted by Crippen LogP contribution is 2.13. The van der Waals surface area contributed by atoms with Crippen molar-refractivity contribution in [3.8, 4) is 0 Å². The maximum Gasteiger partial charge on any atom is 0.204 e. The molecule has 0 saturated heterocycles. The molecule has 2 N–H and O–H groups in total. The van der Waals surface area contributed by atoms with E-state index in [0.717, 1.165) is 18.1 Å². The van der Waals surface area contributed by atoms with Crippen molar-refractivity contribution in [2.45, 2.75) is 19.9 Å². The van der Waals surface area contributed by atoms with E-state index in [-0.39, 0.29) is 0 Å². The van der Waals surface area contributed by atoms with Crippen LogP contribution in [0.2, 0.25) is 0 Å². The van der Waals surface area contributed by atoms with Crippen molar-refractivity contribution in [1.29, 1.82) is 0 Å². The molecule has 2 rings (SSSR count). The van der Waals surface area contributed by atoms with E-state index in [1.54, 1.807) is 0 Å². The van der Waals surface area contributed by atoms with Gasteiger partial charge < -0.3 is 5.32 Å². The van der Waals surface area contributed by atoms with Gasteiger partial charge in [-0.25, -0.2) is 0 Å². The number of nitrogens with one attached hydrogen (secondary N) is 2. The number of nitrogens with zero attached hydrogens (tertiary/aromatic N) is 1. The molecule has 0 bridgehead atoms. The third-order valence-corrected chi connectivity index (χ3v) is 3.36. The lowest BCUT2D eigenvalue weighted by molar-refractivity contribution is 1.04. The topological polar surface area (TPSA) is 40.7 Å². The average molecular weight is 251 g/mol. The van der Waals surface area contributed by atoms with Crippen molar-refractivity contribution in [3.63, 3.8) is 0 Å². The number of hydrogen-bond donors (Lipinski definition) is 2. The second kappa shape index (κ2) is 5.23. The van der Waals surface area contributed by atoms with Crippen molar-refractivity contribution in [1.82, 2.24) is 10.2 Å². The summed E-state index contributed by atoms with van der Waals surface area (Å²) in [5.74, 6) is 0. The molecule has 16 heavy (non-hydrogen) atoms. The molecule has 0 spiro atoms. The van der Waals surface area contributed by atoms with Crippen LogP contribution in [0.3, 0.4) is 0 Å². The van der Waals surface area contributed by atoms with Gasteiger partial charge in [0.2, 0.25) is 5.13 Å². The molecule has 1 aromatic heterocycles. The van der Waals surface area contributed by atoms with Crippen LogP contribution in [0, 0.1) is 3.95 Å². The third-order valence-electron chi connectivity index (χ3n) is 2.31. The lowest BCUT2D eigenvalue weighted by atomic mass is 10.1. The fourth-order valence-electron chi connectivity index (χ4n) is 1.38. The van der Waals surface area contributed by atoms with Gasteiger partial charge >= 0.3 is 0 Å². The standard InChI is InChI=1S/C11H13N3S2/c1-2-8-3-5-9(6-4-8)7-12-10-13-14-11(15)16-10/h3-6H,2,7H2,1H3,(H,12,13)(H,14,15). The maximum atomic E-state index is 4.96. The lowest BCUT2D eigenvalue weighted by Crippen LogP contribution is -1.98. The van der Waals surface area contributed by atoms with Gasteiger partial charge in [0.05, 0.1) is 0 Å². The molecule has 0 saturated carbocycles. The zero-order valence-electron chi connectivity index (χ0n) is 8.99. The Labute approximate surface area is 104 Å². The van der Waals surface area contributed by atoms with Gasteiger partial charge in [0, 0.05) is 6.54 Å². The van der Waals surface area contributed by atoms with E-state index in [4.69, 9.17) is 12.2 Å². The summed E-state index contributed by atoms with van der Waals surface area (Å²) in [5.41, 5.74) is 2.61. The van der Waals surface area contributed by atoms with Crippen LogP contribution in [0.25, 0.3) is 0 Å². The van der Waals surface area contributed by atoms with Gasteiger partial charge in [-0.3, -0.25) is 5.10 Å². The highest BCUT2D eigenvalue weighted by molar-refractivity contribution is 7.73. The van der Waals surface area contributed by atoms with Crippen LogP contribution in [0.4, 0.5) is 5.13 Å². The summed E-state index contributed by atoms with van der Waals surface area (Å²) >= 11 is 6.41. The average Bonchev–Trinajstić information content (AvgIpc) is 2.73. The molecule has 0 aliphatic heterocycles. The van der Waals surface area contributed by atoms with Crippen LogP contribution in [0.5, 0.6) is 0 Å². The van der Waals surface area contributed by atoms with Crippen LogP contribution in [-0.2, 0) is 13.0 Å². The number of rotatable bonds is 4. The largest absolute Gasteiger partial charge is 0.356 e. The Balaban J connectivity index is 1.96. The van der Waals surface area contributed by atoms with E-state index in [2.05, 4.69) is 46.7 Å². The van der Waals surface area contributed by atoms with E-state index in [0.29, 0.717) is 3.95 Å². The van der Waals surface area contributed by atoms with Gasteiger partial charge in [-0.15, -0.1) is 5.10 Å². The van der Waals surface area contributed by atoms with Crippen molar-refractivity contribution in [3.05, 3.63) is 39.3 Å². The van der Waals surface area contributed by atoms with Crippen molar-refractivity contribution >= 4 is 28.7 Å². The molecular weight excluding hydrogens is 238 g/mol. The second-order valence-electron chi connectivity index (χ2n) is 3.44. The third kappa shape index (κ3) is 2.90. The van der Waals surface area contributed by atoms with Crippen LogP contribution in [0.15, 0.2) is 24.3 Å². The first-order valence-corrected chi connectivity index (χ1v) is 6.37. The zero-order chi connectivity index (χ0) is 11.4. The molecule has 5 heteroatoms. The predicted molar refractivity (Wildman–Crippen MR) is 70.4 cm³/mol. The SMILES string of the molecule is CCc1ccc(CNc2n[nH]c(=S)s2)cc1. The smallest absolute Gasteiger partial charge is 0.204 e. The van der Waals surface area contributed by atoms with E-state index in [9.17, 15) is 0 Å². The summed E-state index contributed by atoms with van der Waals surface area (Å²) in [7, 11) is 0. The molecule has 0 amide bonds. The fourth-order valence-corrected chi connectivity index (χ4v) is 2.16. The van der Waals surface area contributed by atoms with Crippen LogP contribution in [-0.4, -0.2) is 10.2 Å². The Morgan fingerprint density at radius 3 is 2.56 bits per heavy atom. The molecule has 0 aliphatic carbocycles. The molecule has 0 radical (unpaired) electrons. The van der Waals surface area contributed by atoms with Crippen molar-refractivity contribution in [2.24, 2.45) is 0 Å². The first-order valence-electron chi connectivity index (χ1n) is 5.15. The maximum absolute atomic E-state index is 4.96. The van der Waals surface area contributed by atoms with E-state index >= 15 is 0 Å². The number of hydrogen-bond acceptors (Lipinski definition) is 4. The van der Waals surface area contributed by atoms with Gasteiger partial charge in [0.1, 0.15) is 0 Å². The van der Waals surface area contributed by atoms with Gasteiger partial charge in [-0.2, -0.15) is 0 Å². The Bertz CT molecular complexity index is 498. The molecule has 84 valence electrons. The number of aromatic nitrogens is 2. The Morgan fingerprint density at radius 2 is 2.00 bits per heavy atom. The van der Waals surface area contributed by atoms with Crippen LogP contribution in [0.1, 0.15) is 18.1 Å². The minimum Gasteiger partial charge on any atom is -0.356 e. The quantitative estimate of drug-likeness (QED) is 0.818. The molecule has 0 unspecified atom stereocenters. The molecule has 2 aromatic rings. The number of H-pyrrole nitrogens is 1. The summed E-state index contributed by atoms with van der Waals surface area (Å²) in [4.78, 5) is 0. The predicted octanol–water partition coefficient (Wildman–Crippen LogP) is 3.38. The summed E-state index contributed by atoms with van der Waals surface area (Å²) in [6.45, 7) is 2.93. The fraction of sp³-hybridized carbons (Fsp3) is 0.273. The first kappa shape index (κ1) is 11.3. The molecule has 3 nitrogen and oxygen atoms in total. The number of benzene rings is 1. The highest BCUT2D eigenvalue weighted by atomic mass is 32.1. The van der Waals surface area contributed by atoms with Crippen molar-refractivity contribution in [2.75, 3.05) is 5.32 Å². The lowest BCUT2D eigenvalue weighted by Gasteiger charge is -2.03. The molecule has 1 aromatic carbocycles. The Morgan fingerprint density at radius 1 is 1.31 bits per heavy atom. The van der Waals surface area contributed by atoms with Gasteiger partial charge in [-0.05, 0) is 29.8 Å². The van der Waals surface area contributed by atoms with Crippen molar-refractivity contribution < 1.29 is 0 Å². The molecule has 1 heterocycles. The number of aryl methyl sites for hydroxylation is 1. The highest BCUT2D eigenvalue weighted by Gasteiger charge is 1.97. The normalized spacial score (nSPS) is 10.3. The Kier molecular flexibility index (Phi) is 3.69. The summed E-state index contributed by atoms with van der Waals surface area (Å²) in [6, 6.07) is 8.59.